The van der Waals surface area contributed by atoms with E-state index < -0.39 is 0 Å². The van der Waals surface area contributed by atoms with Gasteiger partial charge in [0, 0.05) is 18.4 Å². The molecule has 138 valence electrons. The first-order valence-electron chi connectivity index (χ1n) is 8.85. The number of amides is 1. The van der Waals surface area contributed by atoms with Crippen molar-refractivity contribution in [1.29, 1.82) is 0 Å². The minimum Gasteiger partial charge on any atom is -0.345 e. The molecule has 5 heteroatoms. The fraction of sp³-hybridized carbons (Fsp3) is 0.0435. The van der Waals surface area contributed by atoms with Gasteiger partial charge < -0.3 is 4.90 Å². The monoisotopic (exact) mass is 402 g/mol. The molecule has 0 bridgehead atoms. The van der Waals surface area contributed by atoms with Gasteiger partial charge in [-0.25, -0.2) is 0 Å². The van der Waals surface area contributed by atoms with Crippen molar-refractivity contribution < 1.29 is 4.79 Å². The molecule has 1 aliphatic heterocycles. The van der Waals surface area contributed by atoms with Crippen LogP contribution in [0.15, 0.2) is 89.8 Å². The molecule has 1 saturated heterocycles. The Morgan fingerprint density at radius 1 is 0.857 bits per heavy atom. The fourth-order valence-corrected chi connectivity index (χ4v) is 4.31. The van der Waals surface area contributed by atoms with Crippen LogP contribution in [-0.4, -0.2) is 17.3 Å². The second-order valence-electron chi connectivity index (χ2n) is 6.34. The molecule has 0 spiro atoms. The highest BCUT2D eigenvalue weighted by Gasteiger charge is 2.33. The molecule has 0 N–H and O–H groups in total. The zero-order valence-electron chi connectivity index (χ0n) is 15.3. The molecule has 3 aromatic rings. The van der Waals surface area contributed by atoms with E-state index >= 15 is 0 Å². The summed E-state index contributed by atoms with van der Waals surface area (Å²) in [5, 5.41) is 0. The van der Waals surface area contributed by atoms with Gasteiger partial charge in [-0.3, -0.25) is 9.69 Å². The first-order chi connectivity index (χ1) is 13.6. The number of thiocarbonyl (C=S) groups is 1. The van der Waals surface area contributed by atoms with Crippen molar-refractivity contribution in [3.8, 4) is 0 Å². The summed E-state index contributed by atoms with van der Waals surface area (Å²) in [4.78, 5) is 17.2. The lowest BCUT2D eigenvalue weighted by Gasteiger charge is -2.19. The molecule has 1 aliphatic rings. The molecule has 3 aromatic carbocycles. The van der Waals surface area contributed by atoms with Gasteiger partial charge in [-0.1, -0.05) is 72.5 Å². The molecule has 0 aliphatic carbocycles. The van der Waals surface area contributed by atoms with Crippen molar-refractivity contribution in [2.75, 3.05) is 16.8 Å². The van der Waals surface area contributed by atoms with Crippen LogP contribution in [0.3, 0.4) is 0 Å². The van der Waals surface area contributed by atoms with Gasteiger partial charge in [-0.05, 0) is 48.0 Å². The summed E-state index contributed by atoms with van der Waals surface area (Å²) in [5.41, 5.74) is 3.98. The standard InChI is InChI=1S/C23H18N2OS2/c1-24(18-8-4-2-5-9-18)19-14-12-17(13-15-19)16-21-22(26)25(23(27)28-21)20-10-6-3-7-11-20/h2-16H,1H3/b21-16-. The molecular weight excluding hydrogens is 384 g/mol. The topological polar surface area (TPSA) is 23.6 Å². The molecule has 0 unspecified atom stereocenters. The smallest absolute Gasteiger partial charge is 0.270 e. The third-order valence-electron chi connectivity index (χ3n) is 4.53. The van der Waals surface area contributed by atoms with Gasteiger partial charge in [-0.2, -0.15) is 0 Å². The number of para-hydroxylation sites is 2. The van der Waals surface area contributed by atoms with E-state index in [2.05, 4.69) is 29.2 Å². The Hall–Kier alpha value is -2.89. The minimum absolute atomic E-state index is 0.0771. The SMILES string of the molecule is CN(c1ccccc1)c1ccc(/C=C2\SC(=S)N(c3ccccc3)C2=O)cc1. The van der Waals surface area contributed by atoms with E-state index in [4.69, 9.17) is 12.2 Å². The molecule has 0 atom stereocenters. The van der Waals surface area contributed by atoms with Crippen LogP contribution in [0.5, 0.6) is 0 Å². The molecule has 0 radical (unpaired) electrons. The Morgan fingerprint density at radius 2 is 1.43 bits per heavy atom. The van der Waals surface area contributed by atoms with Crippen LogP contribution in [0.25, 0.3) is 6.08 Å². The number of carbonyl (C=O) groups excluding carboxylic acids is 1. The normalized spacial score (nSPS) is 15.3. The highest BCUT2D eigenvalue weighted by molar-refractivity contribution is 8.27. The predicted octanol–water partition coefficient (Wildman–Crippen LogP) is 5.86. The van der Waals surface area contributed by atoms with Crippen LogP contribution < -0.4 is 9.80 Å². The van der Waals surface area contributed by atoms with Gasteiger partial charge in [0.15, 0.2) is 4.32 Å². The number of anilines is 3. The van der Waals surface area contributed by atoms with Gasteiger partial charge in [0.25, 0.3) is 5.91 Å². The van der Waals surface area contributed by atoms with Crippen LogP contribution in [-0.2, 0) is 4.79 Å². The van der Waals surface area contributed by atoms with E-state index in [1.165, 1.54) is 11.8 Å². The Labute approximate surface area is 174 Å². The summed E-state index contributed by atoms with van der Waals surface area (Å²) < 4.78 is 0.558. The van der Waals surface area contributed by atoms with E-state index in [-0.39, 0.29) is 5.91 Å². The third kappa shape index (κ3) is 3.72. The molecule has 1 heterocycles. The maximum Gasteiger partial charge on any atom is 0.270 e. The quantitative estimate of drug-likeness (QED) is 0.403. The summed E-state index contributed by atoms with van der Waals surface area (Å²) in [6, 6.07) is 27.8. The van der Waals surface area contributed by atoms with Crippen LogP contribution >= 0.6 is 24.0 Å². The summed E-state index contributed by atoms with van der Waals surface area (Å²) >= 11 is 6.76. The second-order valence-corrected chi connectivity index (χ2v) is 8.01. The van der Waals surface area contributed by atoms with Crippen LogP contribution in [0.4, 0.5) is 17.1 Å². The number of hydrogen-bond donors (Lipinski definition) is 0. The molecule has 0 saturated carbocycles. The first kappa shape index (κ1) is 18.5. The number of rotatable bonds is 4. The van der Waals surface area contributed by atoms with E-state index in [1.807, 2.05) is 73.8 Å². The van der Waals surface area contributed by atoms with Crippen LogP contribution in [0, 0.1) is 0 Å². The molecule has 0 aromatic heterocycles. The largest absolute Gasteiger partial charge is 0.345 e. The summed E-state index contributed by atoms with van der Waals surface area (Å²) in [6.45, 7) is 0. The van der Waals surface area contributed by atoms with E-state index in [0.29, 0.717) is 9.23 Å². The summed E-state index contributed by atoms with van der Waals surface area (Å²) in [5.74, 6) is -0.0771. The molecule has 1 fully saturated rings. The number of thioether (sulfide) groups is 1. The van der Waals surface area contributed by atoms with E-state index in [0.717, 1.165) is 22.6 Å². The lowest BCUT2D eigenvalue weighted by atomic mass is 10.1. The summed E-state index contributed by atoms with van der Waals surface area (Å²) in [6.07, 6.45) is 1.90. The van der Waals surface area contributed by atoms with Crippen molar-refractivity contribution in [2.24, 2.45) is 0 Å². The predicted molar refractivity (Wildman–Crippen MR) is 123 cm³/mol. The minimum atomic E-state index is -0.0771. The Morgan fingerprint density at radius 3 is 2.07 bits per heavy atom. The lowest BCUT2D eigenvalue weighted by molar-refractivity contribution is -0.113. The maximum atomic E-state index is 12.8. The third-order valence-corrected chi connectivity index (χ3v) is 5.83. The molecule has 28 heavy (non-hydrogen) atoms. The van der Waals surface area contributed by atoms with Crippen LogP contribution in [0.2, 0.25) is 0 Å². The molecule has 4 rings (SSSR count). The van der Waals surface area contributed by atoms with Gasteiger partial charge in [0.1, 0.15) is 0 Å². The van der Waals surface area contributed by atoms with Crippen molar-refractivity contribution in [3.05, 3.63) is 95.4 Å². The fourth-order valence-electron chi connectivity index (χ4n) is 3.01. The van der Waals surface area contributed by atoms with Crippen molar-refractivity contribution in [1.82, 2.24) is 0 Å². The Bertz CT molecular complexity index is 1030. The van der Waals surface area contributed by atoms with Gasteiger partial charge >= 0.3 is 0 Å². The zero-order valence-corrected chi connectivity index (χ0v) is 16.9. The van der Waals surface area contributed by atoms with Gasteiger partial charge in [-0.15, -0.1) is 0 Å². The lowest BCUT2D eigenvalue weighted by Crippen LogP contribution is -2.27. The van der Waals surface area contributed by atoms with Crippen molar-refractivity contribution >= 4 is 57.3 Å². The Kier molecular flexibility index (Phi) is 5.28. The first-order valence-corrected chi connectivity index (χ1v) is 10.1. The highest BCUT2D eigenvalue weighted by Crippen LogP contribution is 2.36. The van der Waals surface area contributed by atoms with E-state index in [1.54, 1.807) is 4.90 Å². The van der Waals surface area contributed by atoms with Crippen LogP contribution in [0.1, 0.15) is 5.56 Å². The van der Waals surface area contributed by atoms with Crippen molar-refractivity contribution in [3.63, 3.8) is 0 Å². The maximum absolute atomic E-state index is 12.8. The Balaban J connectivity index is 1.55. The van der Waals surface area contributed by atoms with E-state index in [9.17, 15) is 4.79 Å². The number of carbonyl (C=O) groups is 1. The molecule has 1 amide bonds. The number of nitrogens with zero attached hydrogens (tertiary/aromatic N) is 2. The second kappa shape index (κ2) is 8.00. The van der Waals surface area contributed by atoms with Gasteiger partial charge in [0.05, 0.1) is 10.6 Å². The average molecular weight is 403 g/mol. The number of benzene rings is 3. The molecular formula is C23H18N2OS2. The van der Waals surface area contributed by atoms with Gasteiger partial charge in [0.2, 0.25) is 0 Å². The highest BCUT2D eigenvalue weighted by atomic mass is 32.2. The number of hydrogen-bond acceptors (Lipinski definition) is 4. The zero-order chi connectivity index (χ0) is 19.5. The average Bonchev–Trinajstić information content (AvgIpc) is 3.02. The van der Waals surface area contributed by atoms with Crippen molar-refractivity contribution in [2.45, 2.75) is 0 Å². The molecule has 3 nitrogen and oxygen atoms in total. The summed E-state index contributed by atoms with van der Waals surface area (Å²) in [7, 11) is 2.04.